The summed E-state index contributed by atoms with van der Waals surface area (Å²) in [7, 11) is 1.52. The Bertz CT molecular complexity index is 766. The van der Waals surface area contributed by atoms with Gasteiger partial charge < -0.3 is 9.64 Å². The van der Waals surface area contributed by atoms with Crippen LogP contribution in [-0.4, -0.2) is 78.8 Å². The summed E-state index contributed by atoms with van der Waals surface area (Å²) in [5.41, 5.74) is 0. The number of morpholine rings is 1. The molecule has 4 rings (SSSR count). The van der Waals surface area contributed by atoms with Crippen LogP contribution in [0.25, 0.3) is 10.2 Å². The van der Waals surface area contributed by atoms with E-state index in [1.54, 1.807) is 11.3 Å². The Hall–Kier alpha value is -0.720. The van der Waals surface area contributed by atoms with Crippen molar-refractivity contribution >= 4 is 51.2 Å². The summed E-state index contributed by atoms with van der Waals surface area (Å²) in [5.74, 6) is 0.925. The fraction of sp³-hybridized carbons (Fsp3) is 0.625. The number of piperazine rings is 1. The van der Waals surface area contributed by atoms with Gasteiger partial charge in [-0.05, 0) is 17.7 Å². The molecule has 0 aliphatic carbocycles. The molecule has 11 heteroatoms. The molecule has 2 fully saturated rings. The zero-order valence-electron chi connectivity index (χ0n) is 15.1. The van der Waals surface area contributed by atoms with E-state index in [2.05, 4.69) is 35.0 Å². The first-order chi connectivity index (χ1) is 13.2. The molecule has 0 aromatic carbocycles. The Morgan fingerprint density at radius 3 is 2.70 bits per heavy atom. The van der Waals surface area contributed by atoms with Crippen molar-refractivity contribution in [2.24, 2.45) is 0 Å². The predicted octanol–water partition coefficient (Wildman–Crippen LogP) is 2.44. The van der Waals surface area contributed by atoms with Gasteiger partial charge in [0.2, 0.25) is 5.28 Å². The van der Waals surface area contributed by atoms with Gasteiger partial charge in [-0.1, -0.05) is 0 Å². The smallest absolute Gasteiger partial charge is 0.225 e. The summed E-state index contributed by atoms with van der Waals surface area (Å²) in [6.45, 7) is 7.84. The van der Waals surface area contributed by atoms with Crippen molar-refractivity contribution in [2.45, 2.75) is 6.54 Å². The van der Waals surface area contributed by atoms with Crippen molar-refractivity contribution in [3.05, 3.63) is 16.2 Å². The minimum Gasteiger partial charge on any atom is -0.378 e. The van der Waals surface area contributed by atoms with Crippen molar-refractivity contribution in [3.8, 4) is 0 Å². The molecule has 148 valence electrons. The number of ether oxygens (including phenoxy) is 1. The molecule has 2 aliphatic heterocycles. The molecule has 2 aliphatic rings. The lowest BCUT2D eigenvalue weighted by Gasteiger charge is -2.32. The van der Waals surface area contributed by atoms with Crippen LogP contribution in [0.1, 0.15) is 4.88 Å². The highest BCUT2D eigenvalue weighted by Gasteiger charge is 2.22. The van der Waals surface area contributed by atoms with Crippen LogP contribution in [0, 0.1) is 0 Å². The van der Waals surface area contributed by atoms with Crippen molar-refractivity contribution in [1.29, 1.82) is 0 Å². The maximum Gasteiger partial charge on any atom is 0.225 e. The van der Waals surface area contributed by atoms with E-state index >= 15 is 0 Å². The number of hydrogen-bond acceptors (Lipinski definition) is 10. The second kappa shape index (κ2) is 9.19. The molecule has 0 radical (unpaired) electrons. The van der Waals surface area contributed by atoms with Gasteiger partial charge in [0.15, 0.2) is 0 Å². The van der Waals surface area contributed by atoms with Crippen molar-refractivity contribution in [3.63, 3.8) is 0 Å². The lowest BCUT2D eigenvalue weighted by atomic mass is 10.3. The van der Waals surface area contributed by atoms with E-state index in [1.165, 1.54) is 24.2 Å². The first-order valence-corrected chi connectivity index (χ1v) is 10.8. The number of fused-ring (bicyclic) bond motifs is 1. The fourth-order valence-corrected chi connectivity index (χ4v) is 5.02. The molecule has 8 nitrogen and oxygen atoms in total. The highest BCUT2D eigenvalue weighted by molar-refractivity contribution is 7.92. The Balaban J connectivity index is 1.46. The minimum absolute atomic E-state index is 0.307. The first-order valence-electron chi connectivity index (χ1n) is 8.86. The molecule has 2 saturated heterocycles. The normalized spacial score (nSPS) is 19.9. The highest BCUT2D eigenvalue weighted by atomic mass is 35.5. The van der Waals surface area contributed by atoms with Crippen LogP contribution in [0.2, 0.25) is 5.28 Å². The van der Waals surface area contributed by atoms with E-state index in [0.29, 0.717) is 5.28 Å². The van der Waals surface area contributed by atoms with Gasteiger partial charge in [-0.2, -0.15) is 4.98 Å². The van der Waals surface area contributed by atoms with E-state index in [9.17, 15) is 0 Å². The number of aromatic nitrogens is 2. The molecule has 2 aromatic rings. The van der Waals surface area contributed by atoms with Gasteiger partial charge in [-0.15, -0.1) is 15.7 Å². The molecule has 0 N–H and O–H groups in total. The quantitative estimate of drug-likeness (QED) is 0.225. The average molecular weight is 432 g/mol. The summed E-state index contributed by atoms with van der Waals surface area (Å²) in [4.78, 5) is 20.5. The van der Waals surface area contributed by atoms with Gasteiger partial charge in [0.05, 0.1) is 25.7 Å². The average Bonchev–Trinajstić information content (AvgIpc) is 3.09. The van der Waals surface area contributed by atoms with Gasteiger partial charge >= 0.3 is 0 Å². The predicted molar refractivity (Wildman–Crippen MR) is 108 cm³/mol. The molecule has 4 heterocycles. The SMILES string of the molecule is COOSN1CCN(Cc2cc3c(N4CCOCC4)nc(Cl)nc3s2)CC1. The third-order valence-corrected chi connectivity index (χ3v) is 6.58. The van der Waals surface area contributed by atoms with Crippen LogP contribution >= 0.6 is 35.2 Å². The molecular formula is C16H22ClN5O3S2. The third-order valence-electron chi connectivity index (χ3n) is 4.62. The lowest BCUT2D eigenvalue weighted by Crippen LogP contribution is -2.42. The third kappa shape index (κ3) is 4.83. The Morgan fingerprint density at radius 1 is 1.19 bits per heavy atom. The van der Waals surface area contributed by atoms with Crippen molar-refractivity contribution in [2.75, 3.05) is 64.5 Å². The van der Waals surface area contributed by atoms with Crippen LogP contribution in [0.3, 0.4) is 0 Å². The van der Waals surface area contributed by atoms with E-state index in [0.717, 1.165) is 75.1 Å². The van der Waals surface area contributed by atoms with Gasteiger partial charge in [-0.25, -0.2) is 14.2 Å². The topological polar surface area (TPSA) is 63.2 Å². The Morgan fingerprint density at radius 2 is 1.96 bits per heavy atom. The summed E-state index contributed by atoms with van der Waals surface area (Å²) in [5, 5.41) is 1.39. The van der Waals surface area contributed by atoms with Crippen LogP contribution in [0.4, 0.5) is 5.82 Å². The van der Waals surface area contributed by atoms with Gasteiger partial charge in [0.1, 0.15) is 22.9 Å². The van der Waals surface area contributed by atoms with E-state index in [1.807, 2.05) is 0 Å². The van der Waals surface area contributed by atoms with E-state index in [-0.39, 0.29) is 0 Å². The number of anilines is 1. The molecule has 0 unspecified atom stereocenters. The molecule has 27 heavy (non-hydrogen) atoms. The van der Waals surface area contributed by atoms with Crippen LogP contribution in [-0.2, 0) is 20.5 Å². The zero-order chi connectivity index (χ0) is 18.6. The van der Waals surface area contributed by atoms with Crippen LogP contribution < -0.4 is 4.90 Å². The molecule has 0 amide bonds. The zero-order valence-corrected chi connectivity index (χ0v) is 17.5. The number of thiophene rings is 1. The maximum atomic E-state index is 6.19. The van der Waals surface area contributed by atoms with Crippen LogP contribution in [0.15, 0.2) is 6.07 Å². The number of hydrogen-bond donors (Lipinski definition) is 0. The fourth-order valence-electron chi connectivity index (χ4n) is 3.28. The second-order valence-electron chi connectivity index (χ2n) is 6.36. The number of rotatable bonds is 6. The van der Waals surface area contributed by atoms with Crippen LogP contribution in [0.5, 0.6) is 0 Å². The molecule has 0 saturated carbocycles. The molecule has 0 spiro atoms. The summed E-state index contributed by atoms with van der Waals surface area (Å²) >= 11 is 9.15. The summed E-state index contributed by atoms with van der Waals surface area (Å²) in [6.07, 6.45) is 0. The minimum atomic E-state index is 0.307. The van der Waals surface area contributed by atoms with Gasteiger partial charge in [0, 0.05) is 50.7 Å². The summed E-state index contributed by atoms with van der Waals surface area (Å²) in [6, 6.07) is 2.22. The highest BCUT2D eigenvalue weighted by Crippen LogP contribution is 2.33. The van der Waals surface area contributed by atoms with Gasteiger partial charge in [0.25, 0.3) is 0 Å². The monoisotopic (exact) mass is 431 g/mol. The largest absolute Gasteiger partial charge is 0.378 e. The number of halogens is 1. The van der Waals surface area contributed by atoms with Gasteiger partial charge in [-0.3, -0.25) is 4.90 Å². The van der Waals surface area contributed by atoms with E-state index < -0.39 is 0 Å². The maximum absolute atomic E-state index is 6.19. The lowest BCUT2D eigenvalue weighted by molar-refractivity contribution is -0.164. The van der Waals surface area contributed by atoms with E-state index in [4.69, 9.17) is 20.7 Å². The van der Waals surface area contributed by atoms with Crippen molar-refractivity contribution in [1.82, 2.24) is 19.2 Å². The molecule has 2 aromatic heterocycles. The summed E-state index contributed by atoms with van der Waals surface area (Å²) < 4.78 is 12.6. The standard InChI is InChI=1S/C16H22ClN5O3S2/c1-23-25-27-22-4-2-20(3-5-22)11-12-10-13-14(21-6-8-24-9-7-21)18-16(17)19-15(13)26-12/h10H,2-9,11H2,1H3. The Kier molecular flexibility index (Phi) is 6.66. The Labute approximate surface area is 171 Å². The molecule has 0 bridgehead atoms. The van der Waals surface area contributed by atoms with Crippen molar-refractivity contribution < 1.29 is 14.0 Å². The molecule has 0 atom stereocenters. The first kappa shape index (κ1) is 19.6. The number of nitrogens with zero attached hydrogens (tertiary/aromatic N) is 5. The second-order valence-corrected chi connectivity index (χ2v) is 8.62. The molecular weight excluding hydrogens is 410 g/mol.